The van der Waals surface area contributed by atoms with E-state index in [2.05, 4.69) is 9.88 Å². The molecule has 0 N–H and O–H groups in total. The predicted molar refractivity (Wildman–Crippen MR) is 85.9 cm³/mol. The number of rotatable bonds is 3. The summed E-state index contributed by atoms with van der Waals surface area (Å²) in [5.41, 5.74) is 2.00. The van der Waals surface area contributed by atoms with Crippen LogP contribution in [0.25, 0.3) is 0 Å². The number of imidazole rings is 1. The summed E-state index contributed by atoms with van der Waals surface area (Å²) in [7, 11) is 1.97. The van der Waals surface area contributed by atoms with Crippen molar-refractivity contribution < 1.29 is 9.53 Å². The van der Waals surface area contributed by atoms with Crippen molar-refractivity contribution >= 4 is 11.6 Å². The van der Waals surface area contributed by atoms with Crippen LogP contribution >= 0.6 is 0 Å². The second-order valence-electron chi connectivity index (χ2n) is 6.24. The van der Waals surface area contributed by atoms with Gasteiger partial charge in [-0.1, -0.05) is 18.2 Å². The molecule has 1 aromatic carbocycles. The lowest BCUT2D eigenvalue weighted by molar-refractivity contribution is -0.130. The summed E-state index contributed by atoms with van der Waals surface area (Å²) in [4.78, 5) is 21.0. The van der Waals surface area contributed by atoms with Gasteiger partial charge < -0.3 is 14.2 Å². The maximum atomic E-state index is 12.4. The molecule has 4 rings (SSSR count). The molecule has 1 aromatic heterocycles. The standard InChI is InChI=1S/C17H20N4O2/c1-19-7-13(18-12-19)8-20-9-15-16(10-20)23-11-17(22)21(15)14-5-3-2-4-6-14/h2-7,12,15-16H,8-11H2,1H3/t15-,16+/m0/s1. The highest BCUT2D eigenvalue weighted by Gasteiger charge is 2.43. The predicted octanol–water partition coefficient (Wildman–Crippen LogP) is 1.04. The van der Waals surface area contributed by atoms with Crippen molar-refractivity contribution in [1.82, 2.24) is 14.5 Å². The molecule has 3 heterocycles. The number of nitrogens with zero attached hydrogens (tertiary/aromatic N) is 4. The molecule has 2 aliphatic rings. The molecule has 1 amide bonds. The highest BCUT2D eigenvalue weighted by molar-refractivity contribution is 5.95. The smallest absolute Gasteiger partial charge is 0.253 e. The summed E-state index contributed by atoms with van der Waals surface area (Å²) in [6.45, 7) is 2.58. The van der Waals surface area contributed by atoms with Gasteiger partial charge in [0, 0.05) is 38.6 Å². The van der Waals surface area contributed by atoms with E-state index in [1.165, 1.54) is 0 Å². The molecular formula is C17H20N4O2. The van der Waals surface area contributed by atoms with Crippen molar-refractivity contribution in [3.8, 4) is 0 Å². The molecule has 2 atom stereocenters. The quantitative estimate of drug-likeness (QED) is 0.850. The van der Waals surface area contributed by atoms with Crippen LogP contribution in [0.4, 0.5) is 5.69 Å². The highest BCUT2D eigenvalue weighted by atomic mass is 16.5. The van der Waals surface area contributed by atoms with Gasteiger partial charge in [0.05, 0.1) is 24.2 Å². The summed E-state index contributed by atoms with van der Waals surface area (Å²) >= 11 is 0. The Balaban J connectivity index is 1.53. The maximum absolute atomic E-state index is 12.4. The van der Waals surface area contributed by atoms with E-state index in [0.717, 1.165) is 31.0 Å². The van der Waals surface area contributed by atoms with Crippen LogP contribution in [-0.4, -0.2) is 52.2 Å². The van der Waals surface area contributed by atoms with E-state index in [-0.39, 0.29) is 24.7 Å². The number of ether oxygens (including phenoxy) is 1. The molecule has 2 fully saturated rings. The Morgan fingerprint density at radius 1 is 1.26 bits per heavy atom. The maximum Gasteiger partial charge on any atom is 0.253 e. The first-order valence-electron chi connectivity index (χ1n) is 7.88. The zero-order valence-corrected chi connectivity index (χ0v) is 13.1. The summed E-state index contributed by atoms with van der Waals surface area (Å²) in [5.74, 6) is 0.0390. The van der Waals surface area contributed by atoms with E-state index < -0.39 is 0 Å². The van der Waals surface area contributed by atoms with E-state index in [1.807, 2.05) is 59.4 Å². The number of carbonyl (C=O) groups is 1. The van der Waals surface area contributed by atoms with Crippen LogP contribution in [0.5, 0.6) is 0 Å². The molecule has 0 bridgehead atoms. The number of carbonyl (C=O) groups excluding carboxylic acids is 1. The molecular weight excluding hydrogens is 292 g/mol. The number of fused-ring (bicyclic) bond motifs is 1. The van der Waals surface area contributed by atoms with Crippen LogP contribution in [0.2, 0.25) is 0 Å². The van der Waals surface area contributed by atoms with E-state index >= 15 is 0 Å². The molecule has 6 nitrogen and oxygen atoms in total. The molecule has 0 radical (unpaired) electrons. The Morgan fingerprint density at radius 3 is 2.83 bits per heavy atom. The van der Waals surface area contributed by atoms with Crippen LogP contribution < -0.4 is 4.90 Å². The van der Waals surface area contributed by atoms with Crippen molar-refractivity contribution in [3.63, 3.8) is 0 Å². The number of para-hydroxylation sites is 1. The average molecular weight is 312 g/mol. The van der Waals surface area contributed by atoms with Gasteiger partial charge in [0.15, 0.2) is 0 Å². The number of hydrogen-bond acceptors (Lipinski definition) is 4. The third-order valence-corrected chi connectivity index (χ3v) is 4.51. The van der Waals surface area contributed by atoms with Gasteiger partial charge in [-0.25, -0.2) is 4.98 Å². The van der Waals surface area contributed by atoms with E-state index in [4.69, 9.17) is 4.74 Å². The Hall–Kier alpha value is -2.18. The van der Waals surface area contributed by atoms with Gasteiger partial charge in [0.1, 0.15) is 6.61 Å². The summed E-state index contributed by atoms with van der Waals surface area (Å²) in [6, 6.07) is 9.95. The molecule has 23 heavy (non-hydrogen) atoms. The van der Waals surface area contributed by atoms with Gasteiger partial charge in [-0.05, 0) is 12.1 Å². The fourth-order valence-electron chi connectivity index (χ4n) is 3.51. The van der Waals surface area contributed by atoms with Crippen molar-refractivity contribution in [2.45, 2.75) is 18.7 Å². The lowest BCUT2D eigenvalue weighted by atomic mass is 10.1. The summed E-state index contributed by atoms with van der Waals surface area (Å²) in [6.07, 6.45) is 3.91. The third kappa shape index (κ3) is 2.75. The van der Waals surface area contributed by atoms with Gasteiger partial charge in [-0.3, -0.25) is 9.69 Å². The molecule has 2 aliphatic heterocycles. The number of aromatic nitrogens is 2. The minimum Gasteiger partial charge on any atom is -0.365 e. The van der Waals surface area contributed by atoms with Gasteiger partial charge in [-0.2, -0.15) is 0 Å². The molecule has 6 heteroatoms. The Morgan fingerprint density at radius 2 is 2.09 bits per heavy atom. The normalized spacial score (nSPS) is 24.9. The van der Waals surface area contributed by atoms with Gasteiger partial charge >= 0.3 is 0 Å². The van der Waals surface area contributed by atoms with E-state index in [0.29, 0.717) is 0 Å². The number of likely N-dealkylation sites (tertiary alicyclic amines) is 1. The topological polar surface area (TPSA) is 50.6 Å². The van der Waals surface area contributed by atoms with Gasteiger partial charge in [-0.15, -0.1) is 0 Å². The van der Waals surface area contributed by atoms with Crippen LogP contribution in [0.3, 0.4) is 0 Å². The number of aryl methyl sites for hydroxylation is 1. The number of benzene rings is 1. The molecule has 0 aliphatic carbocycles. The lowest BCUT2D eigenvalue weighted by Crippen LogP contribution is -2.54. The number of morpholine rings is 1. The highest BCUT2D eigenvalue weighted by Crippen LogP contribution is 2.29. The Kier molecular flexibility index (Phi) is 3.63. The number of amides is 1. The minimum absolute atomic E-state index is 0.0390. The van der Waals surface area contributed by atoms with Crippen molar-refractivity contribution in [3.05, 3.63) is 48.5 Å². The third-order valence-electron chi connectivity index (χ3n) is 4.51. The number of anilines is 1. The van der Waals surface area contributed by atoms with Crippen LogP contribution in [0, 0.1) is 0 Å². The molecule has 2 saturated heterocycles. The molecule has 120 valence electrons. The first-order chi connectivity index (χ1) is 11.2. The first kappa shape index (κ1) is 14.4. The second-order valence-corrected chi connectivity index (χ2v) is 6.24. The van der Waals surface area contributed by atoms with Gasteiger partial charge in [0.25, 0.3) is 5.91 Å². The lowest BCUT2D eigenvalue weighted by Gasteiger charge is -2.36. The zero-order valence-electron chi connectivity index (χ0n) is 13.1. The van der Waals surface area contributed by atoms with E-state index in [9.17, 15) is 4.79 Å². The van der Waals surface area contributed by atoms with Crippen LogP contribution in [0.15, 0.2) is 42.9 Å². The van der Waals surface area contributed by atoms with Crippen LogP contribution in [-0.2, 0) is 23.1 Å². The summed E-state index contributed by atoms with van der Waals surface area (Å²) < 4.78 is 7.73. The Bertz CT molecular complexity index is 700. The Labute approximate surface area is 135 Å². The van der Waals surface area contributed by atoms with Crippen molar-refractivity contribution in [2.24, 2.45) is 7.05 Å². The molecule has 0 unspecified atom stereocenters. The van der Waals surface area contributed by atoms with Crippen molar-refractivity contribution in [1.29, 1.82) is 0 Å². The van der Waals surface area contributed by atoms with Gasteiger partial charge in [0.2, 0.25) is 0 Å². The molecule has 2 aromatic rings. The summed E-state index contributed by atoms with van der Waals surface area (Å²) in [5, 5.41) is 0. The largest absolute Gasteiger partial charge is 0.365 e. The SMILES string of the molecule is Cn1cnc(CN2C[C@H]3OCC(=O)N(c4ccccc4)[C@H]3C2)c1. The van der Waals surface area contributed by atoms with E-state index in [1.54, 1.807) is 0 Å². The first-order valence-corrected chi connectivity index (χ1v) is 7.88. The minimum atomic E-state index is 0.0390. The fourth-order valence-corrected chi connectivity index (χ4v) is 3.51. The monoisotopic (exact) mass is 312 g/mol. The molecule has 0 spiro atoms. The fraction of sp³-hybridized carbons (Fsp3) is 0.412. The second kappa shape index (κ2) is 5.79. The van der Waals surface area contributed by atoms with Crippen molar-refractivity contribution in [2.75, 3.05) is 24.6 Å². The average Bonchev–Trinajstić information content (AvgIpc) is 3.14. The zero-order chi connectivity index (χ0) is 15.8. The molecule has 0 saturated carbocycles. The number of hydrogen-bond donors (Lipinski definition) is 0. The van der Waals surface area contributed by atoms with Crippen LogP contribution in [0.1, 0.15) is 5.69 Å².